The van der Waals surface area contributed by atoms with Crippen molar-refractivity contribution in [1.82, 2.24) is 9.80 Å². The van der Waals surface area contributed by atoms with E-state index in [1.165, 1.54) is 5.56 Å². The van der Waals surface area contributed by atoms with Crippen LogP contribution in [0.15, 0.2) is 36.4 Å². The smallest absolute Gasteiger partial charge is 0.254 e. The van der Waals surface area contributed by atoms with Crippen LogP contribution in [0, 0.1) is 0 Å². The number of hydrogen-bond donors (Lipinski definition) is 0. The van der Waals surface area contributed by atoms with Crippen LogP contribution in [0.4, 0.5) is 0 Å². The van der Waals surface area contributed by atoms with Crippen LogP contribution in [0.1, 0.15) is 53.5 Å². The van der Waals surface area contributed by atoms with Crippen LogP contribution in [0.5, 0.6) is 11.5 Å². The fraction of sp³-hybridized carbons (Fsp3) is 0.440. The zero-order valence-electron chi connectivity index (χ0n) is 19.0. The highest BCUT2D eigenvalue weighted by Gasteiger charge is 2.27. The Labute approximate surface area is 195 Å². The second-order valence-corrected chi connectivity index (χ2v) is 8.11. The van der Waals surface area contributed by atoms with E-state index in [4.69, 9.17) is 21.1 Å². The van der Waals surface area contributed by atoms with Gasteiger partial charge in [0.25, 0.3) is 11.8 Å². The van der Waals surface area contributed by atoms with Gasteiger partial charge in [-0.05, 0) is 49.6 Å². The van der Waals surface area contributed by atoms with Crippen LogP contribution < -0.4 is 9.47 Å². The molecule has 172 valence electrons. The number of halogens is 1. The number of carbonyl (C=O) groups is 2. The van der Waals surface area contributed by atoms with Crippen molar-refractivity contribution in [3.05, 3.63) is 58.1 Å². The number of carbonyl (C=O) groups excluding carboxylic acids is 2. The van der Waals surface area contributed by atoms with Crippen molar-refractivity contribution in [2.24, 2.45) is 0 Å². The average molecular weight is 459 g/mol. The summed E-state index contributed by atoms with van der Waals surface area (Å²) in [5.74, 6) is 0.811. The Bertz CT molecular complexity index is 938. The minimum atomic E-state index is -0.130. The highest BCUT2D eigenvalue weighted by Crippen LogP contribution is 2.37. The monoisotopic (exact) mass is 458 g/mol. The number of hydrogen-bond acceptors (Lipinski definition) is 4. The maximum absolute atomic E-state index is 13.1. The lowest BCUT2D eigenvalue weighted by atomic mass is 10.1. The zero-order chi connectivity index (χ0) is 23.1. The minimum absolute atomic E-state index is 0.00106. The lowest BCUT2D eigenvalue weighted by Crippen LogP contribution is -2.50. The summed E-state index contributed by atoms with van der Waals surface area (Å²) in [6.45, 7) is 8.84. The number of benzene rings is 2. The molecule has 0 unspecified atom stereocenters. The molecule has 6 nitrogen and oxygen atoms in total. The molecule has 0 N–H and O–H groups in total. The first-order valence-corrected chi connectivity index (χ1v) is 11.6. The second kappa shape index (κ2) is 11.2. The van der Waals surface area contributed by atoms with Gasteiger partial charge in [0.05, 0.1) is 18.2 Å². The Morgan fingerprint density at radius 3 is 2.00 bits per heavy atom. The molecule has 0 saturated carbocycles. The van der Waals surface area contributed by atoms with Crippen molar-refractivity contribution in [1.29, 1.82) is 0 Å². The molecule has 1 heterocycles. The van der Waals surface area contributed by atoms with Gasteiger partial charge in [-0.2, -0.15) is 0 Å². The van der Waals surface area contributed by atoms with Crippen LogP contribution >= 0.6 is 11.6 Å². The number of amides is 2. The topological polar surface area (TPSA) is 59.1 Å². The molecule has 0 radical (unpaired) electrons. The summed E-state index contributed by atoms with van der Waals surface area (Å²) in [5, 5.41) is 0.358. The van der Waals surface area contributed by atoms with Crippen molar-refractivity contribution in [3.63, 3.8) is 0 Å². The number of piperazine rings is 1. The highest BCUT2D eigenvalue weighted by atomic mass is 35.5. The predicted molar refractivity (Wildman–Crippen MR) is 126 cm³/mol. The molecule has 1 saturated heterocycles. The fourth-order valence-electron chi connectivity index (χ4n) is 3.66. The van der Waals surface area contributed by atoms with Gasteiger partial charge in [0.15, 0.2) is 11.5 Å². The SMILES string of the molecule is CCCOc1c(Cl)cc(C(=O)N2CCN(C(=O)c3ccc(CC)cc3)CC2)cc1OCC. The Hall–Kier alpha value is -2.73. The van der Waals surface area contributed by atoms with E-state index in [1.807, 2.05) is 38.1 Å². The third-order valence-electron chi connectivity index (χ3n) is 5.47. The van der Waals surface area contributed by atoms with E-state index in [2.05, 4.69) is 6.92 Å². The lowest BCUT2D eigenvalue weighted by Gasteiger charge is -2.35. The van der Waals surface area contributed by atoms with E-state index in [-0.39, 0.29) is 11.8 Å². The van der Waals surface area contributed by atoms with Gasteiger partial charge in [-0.25, -0.2) is 0 Å². The Kier molecular flexibility index (Phi) is 8.39. The van der Waals surface area contributed by atoms with Crippen LogP contribution in [-0.2, 0) is 6.42 Å². The highest BCUT2D eigenvalue weighted by molar-refractivity contribution is 6.32. The predicted octanol–water partition coefficient (Wildman–Crippen LogP) is 4.69. The molecular formula is C25H31ClN2O4. The molecule has 0 aromatic heterocycles. The molecular weight excluding hydrogens is 428 g/mol. The van der Waals surface area contributed by atoms with E-state index >= 15 is 0 Å². The zero-order valence-corrected chi connectivity index (χ0v) is 19.8. The molecule has 1 fully saturated rings. The summed E-state index contributed by atoms with van der Waals surface area (Å²) in [4.78, 5) is 29.5. The molecule has 0 atom stereocenters. The summed E-state index contributed by atoms with van der Waals surface area (Å²) in [6.07, 6.45) is 1.78. The van der Waals surface area contributed by atoms with Crippen molar-refractivity contribution < 1.29 is 19.1 Å². The molecule has 0 spiro atoms. The maximum atomic E-state index is 13.1. The van der Waals surface area contributed by atoms with Gasteiger partial charge in [-0.3, -0.25) is 9.59 Å². The molecule has 1 aliphatic rings. The summed E-state index contributed by atoms with van der Waals surface area (Å²) < 4.78 is 11.4. The average Bonchev–Trinajstić information content (AvgIpc) is 2.83. The van der Waals surface area contributed by atoms with Crippen molar-refractivity contribution in [2.75, 3.05) is 39.4 Å². The van der Waals surface area contributed by atoms with Crippen LogP contribution in [0.2, 0.25) is 5.02 Å². The molecule has 3 rings (SSSR count). The van der Waals surface area contributed by atoms with Gasteiger partial charge in [0.2, 0.25) is 0 Å². The van der Waals surface area contributed by atoms with Crippen LogP contribution in [0.3, 0.4) is 0 Å². The Morgan fingerprint density at radius 2 is 1.47 bits per heavy atom. The van der Waals surface area contributed by atoms with Crippen molar-refractivity contribution in [2.45, 2.75) is 33.6 Å². The lowest BCUT2D eigenvalue weighted by molar-refractivity contribution is 0.0535. The van der Waals surface area contributed by atoms with Gasteiger partial charge in [-0.15, -0.1) is 0 Å². The van der Waals surface area contributed by atoms with Gasteiger partial charge < -0.3 is 19.3 Å². The maximum Gasteiger partial charge on any atom is 0.254 e. The second-order valence-electron chi connectivity index (χ2n) is 7.70. The van der Waals surface area contributed by atoms with Gasteiger partial charge >= 0.3 is 0 Å². The van der Waals surface area contributed by atoms with Crippen molar-refractivity contribution >= 4 is 23.4 Å². The van der Waals surface area contributed by atoms with Gasteiger partial charge in [0.1, 0.15) is 0 Å². The molecule has 2 aromatic rings. The Morgan fingerprint density at radius 1 is 0.875 bits per heavy atom. The van der Waals surface area contributed by atoms with E-state index in [1.54, 1.807) is 21.9 Å². The van der Waals surface area contributed by atoms with E-state index in [0.717, 1.165) is 12.8 Å². The van der Waals surface area contributed by atoms with E-state index in [0.29, 0.717) is 67.0 Å². The largest absolute Gasteiger partial charge is 0.490 e. The van der Waals surface area contributed by atoms with Crippen LogP contribution in [0.25, 0.3) is 0 Å². The summed E-state index contributed by atoms with van der Waals surface area (Å²) in [6, 6.07) is 11.0. The Balaban J connectivity index is 1.67. The number of rotatable bonds is 8. The fourth-order valence-corrected chi connectivity index (χ4v) is 3.92. The number of aryl methyl sites for hydroxylation is 1. The molecule has 2 aromatic carbocycles. The third kappa shape index (κ3) is 5.54. The first-order chi connectivity index (χ1) is 15.5. The quantitative estimate of drug-likeness (QED) is 0.576. The summed E-state index contributed by atoms with van der Waals surface area (Å²) in [7, 11) is 0. The molecule has 7 heteroatoms. The normalized spacial score (nSPS) is 13.8. The first kappa shape index (κ1) is 23.9. The van der Waals surface area contributed by atoms with E-state index < -0.39 is 0 Å². The molecule has 2 amide bonds. The molecule has 0 bridgehead atoms. The van der Waals surface area contributed by atoms with Crippen LogP contribution in [-0.4, -0.2) is 61.0 Å². The third-order valence-corrected chi connectivity index (χ3v) is 5.75. The molecule has 0 aliphatic carbocycles. The number of nitrogens with zero attached hydrogens (tertiary/aromatic N) is 2. The summed E-state index contributed by atoms with van der Waals surface area (Å²) >= 11 is 6.41. The minimum Gasteiger partial charge on any atom is -0.490 e. The molecule has 32 heavy (non-hydrogen) atoms. The van der Waals surface area contributed by atoms with Crippen molar-refractivity contribution in [3.8, 4) is 11.5 Å². The standard InChI is InChI=1S/C25H31ClN2O4/c1-4-15-32-23-21(26)16-20(17-22(23)31-6-3)25(30)28-13-11-27(12-14-28)24(29)19-9-7-18(5-2)8-10-19/h7-10,16-17H,4-6,11-15H2,1-3H3. The van der Waals surface area contributed by atoms with Gasteiger partial charge in [-0.1, -0.05) is 37.6 Å². The molecule has 1 aliphatic heterocycles. The first-order valence-electron chi connectivity index (χ1n) is 11.2. The van der Waals surface area contributed by atoms with E-state index in [9.17, 15) is 9.59 Å². The number of ether oxygens (including phenoxy) is 2. The van der Waals surface area contributed by atoms with Gasteiger partial charge in [0, 0.05) is 37.3 Å². The summed E-state index contributed by atoms with van der Waals surface area (Å²) in [5.41, 5.74) is 2.34.